The Labute approximate surface area is 150 Å². The van der Waals surface area contributed by atoms with E-state index in [0.717, 1.165) is 29.0 Å². The average molecular weight is 351 g/mol. The quantitative estimate of drug-likeness (QED) is 0.714. The van der Waals surface area contributed by atoms with Gasteiger partial charge >= 0.3 is 0 Å². The molecule has 3 heterocycles. The molecular weight excluding hydrogens is 334 g/mol. The summed E-state index contributed by atoms with van der Waals surface area (Å²) >= 11 is 1.58. The van der Waals surface area contributed by atoms with Crippen molar-refractivity contribution in [3.05, 3.63) is 54.4 Å². The van der Waals surface area contributed by atoms with E-state index in [1.54, 1.807) is 24.2 Å². The van der Waals surface area contributed by atoms with E-state index < -0.39 is 6.23 Å². The third-order valence-electron chi connectivity index (χ3n) is 3.76. The fourth-order valence-corrected chi connectivity index (χ4v) is 3.22. The van der Waals surface area contributed by atoms with Crippen LogP contribution in [0, 0.1) is 0 Å². The van der Waals surface area contributed by atoms with Gasteiger partial charge in [-0.3, -0.25) is 4.98 Å². The van der Waals surface area contributed by atoms with Gasteiger partial charge in [-0.05, 0) is 18.6 Å². The summed E-state index contributed by atoms with van der Waals surface area (Å²) in [5.41, 5.74) is 3.43. The molecule has 0 aliphatic carbocycles. The summed E-state index contributed by atoms with van der Waals surface area (Å²) in [4.78, 5) is 8.78. The molecule has 1 unspecified atom stereocenters. The first-order valence-electron chi connectivity index (χ1n) is 8.15. The highest BCUT2D eigenvalue weighted by Gasteiger charge is 2.25. The number of nitrogens with zero attached hydrogens (tertiary/aromatic N) is 4. The van der Waals surface area contributed by atoms with E-state index in [4.69, 9.17) is 4.74 Å². The minimum absolute atomic E-state index is 0.392. The zero-order chi connectivity index (χ0) is 17.1. The van der Waals surface area contributed by atoms with E-state index in [1.807, 2.05) is 36.4 Å². The van der Waals surface area contributed by atoms with Gasteiger partial charge in [0.1, 0.15) is 0 Å². The molecule has 25 heavy (non-hydrogen) atoms. The van der Waals surface area contributed by atoms with Crippen molar-refractivity contribution in [1.29, 1.82) is 0 Å². The molecule has 2 aromatic heterocycles. The van der Waals surface area contributed by atoms with Crippen molar-refractivity contribution >= 4 is 17.4 Å². The molecule has 1 aliphatic rings. The van der Waals surface area contributed by atoms with Crippen molar-refractivity contribution in [3.8, 4) is 17.1 Å². The van der Waals surface area contributed by atoms with Crippen LogP contribution in [0.4, 0.5) is 5.69 Å². The Kier molecular flexibility index (Phi) is 4.47. The Balaban J connectivity index is 1.79. The van der Waals surface area contributed by atoms with Gasteiger partial charge in [0.25, 0.3) is 0 Å². The van der Waals surface area contributed by atoms with Crippen LogP contribution in [-0.2, 0) is 0 Å². The molecule has 4 rings (SSSR count). The number of para-hydroxylation sites is 1. The monoisotopic (exact) mass is 351 g/mol. The molecule has 0 radical (unpaired) electrons. The fraction of sp³-hybridized carbons (Fsp3) is 0.222. The normalized spacial score (nSPS) is 15.3. The summed E-state index contributed by atoms with van der Waals surface area (Å²) in [6.07, 6.45) is 4.18. The van der Waals surface area contributed by atoms with E-state index in [0.29, 0.717) is 16.7 Å². The lowest BCUT2D eigenvalue weighted by atomic mass is 10.1. The average Bonchev–Trinajstić information content (AvgIpc) is 2.83. The number of aromatic nitrogens is 4. The van der Waals surface area contributed by atoms with Crippen molar-refractivity contribution in [2.75, 3.05) is 11.1 Å². The van der Waals surface area contributed by atoms with Crippen molar-refractivity contribution in [1.82, 2.24) is 20.2 Å². The second-order valence-corrected chi connectivity index (χ2v) is 6.63. The summed E-state index contributed by atoms with van der Waals surface area (Å²) in [6.45, 7) is 2.12. The molecular formula is C18H17N5OS. The zero-order valence-electron chi connectivity index (χ0n) is 13.7. The summed E-state index contributed by atoms with van der Waals surface area (Å²) in [6, 6.07) is 11.8. The molecule has 0 saturated carbocycles. The first kappa shape index (κ1) is 15.8. The number of anilines is 1. The third kappa shape index (κ3) is 3.28. The molecule has 0 saturated heterocycles. The van der Waals surface area contributed by atoms with Crippen LogP contribution in [0.3, 0.4) is 0 Å². The lowest BCUT2D eigenvalue weighted by molar-refractivity contribution is 0.225. The lowest BCUT2D eigenvalue weighted by Crippen LogP contribution is -2.17. The van der Waals surface area contributed by atoms with E-state index in [9.17, 15) is 0 Å². The van der Waals surface area contributed by atoms with Crippen molar-refractivity contribution in [2.24, 2.45) is 0 Å². The maximum Gasteiger partial charge on any atom is 0.247 e. The number of ether oxygens (including phenoxy) is 1. The number of hydrogen-bond donors (Lipinski definition) is 1. The van der Waals surface area contributed by atoms with Gasteiger partial charge < -0.3 is 10.1 Å². The highest BCUT2D eigenvalue weighted by molar-refractivity contribution is 7.99. The largest absolute Gasteiger partial charge is 0.448 e. The molecule has 1 aromatic carbocycles. The molecule has 0 amide bonds. The number of thioether (sulfide) groups is 1. The van der Waals surface area contributed by atoms with Crippen LogP contribution in [0.1, 0.15) is 25.1 Å². The minimum atomic E-state index is -0.392. The number of hydrogen-bond acceptors (Lipinski definition) is 7. The van der Waals surface area contributed by atoms with Gasteiger partial charge in [0.15, 0.2) is 11.9 Å². The second kappa shape index (κ2) is 7.06. The lowest BCUT2D eigenvalue weighted by Gasteiger charge is -2.18. The highest BCUT2D eigenvalue weighted by Crippen LogP contribution is 2.39. The molecule has 0 bridgehead atoms. The predicted molar refractivity (Wildman–Crippen MR) is 97.5 cm³/mol. The van der Waals surface area contributed by atoms with Crippen LogP contribution in [0.2, 0.25) is 0 Å². The number of fused-ring (bicyclic) bond motifs is 3. The Morgan fingerprint density at radius 2 is 2.08 bits per heavy atom. The van der Waals surface area contributed by atoms with Crippen LogP contribution < -0.4 is 10.1 Å². The van der Waals surface area contributed by atoms with Crippen molar-refractivity contribution in [2.45, 2.75) is 24.7 Å². The van der Waals surface area contributed by atoms with Gasteiger partial charge in [0.2, 0.25) is 11.0 Å². The van der Waals surface area contributed by atoms with Crippen molar-refractivity contribution < 1.29 is 4.74 Å². The molecule has 7 heteroatoms. The molecule has 126 valence electrons. The van der Waals surface area contributed by atoms with Crippen LogP contribution in [-0.4, -0.2) is 25.9 Å². The van der Waals surface area contributed by atoms with Gasteiger partial charge in [0, 0.05) is 35.0 Å². The number of benzene rings is 1. The molecule has 1 atom stereocenters. The molecule has 1 N–H and O–H groups in total. The first-order valence-corrected chi connectivity index (χ1v) is 9.13. The Hall–Kier alpha value is -2.67. The van der Waals surface area contributed by atoms with Gasteiger partial charge in [-0.1, -0.05) is 43.0 Å². The third-order valence-corrected chi connectivity index (χ3v) is 4.80. The molecule has 0 spiro atoms. The van der Waals surface area contributed by atoms with E-state index in [-0.39, 0.29) is 0 Å². The summed E-state index contributed by atoms with van der Waals surface area (Å²) in [7, 11) is 0. The minimum Gasteiger partial charge on any atom is -0.448 e. The van der Waals surface area contributed by atoms with Crippen LogP contribution in [0.15, 0.2) is 53.9 Å². The Morgan fingerprint density at radius 3 is 2.92 bits per heavy atom. The number of nitrogens with one attached hydrogen (secondary N) is 1. The van der Waals surface area contributed by atoms with E-state index in [1.165, 1.54) is 0 Å². The maximum atomic E-state index is 6.17. The number of pyridine rings is 1. The molecule has 1 aliphatic heterocycles. The van der Waals surface area contributed by atoms with E-state index in [2.05, 4.69) is 32.4 Å². The van der Waals surface area contributed by atoms with E-state index >= 15 is 0 Å². The van der Waals surface area contributed by atoms with Gasteiger partial charge in [-0.25, -0.2) is 0 Å². The first-order chi connectivity index (χ1) is 12.3. The van der Waals surface area contributed by atoms with Gasteiger partial charge in [-0.2, -0.15) is 4.98 Å². The smallest absolute Gasteiger partial charge is 0.247 e. The van der Waals surface area contributed by atoms with Crippen LogP contribution in [0.5, 0.6) is 5.88 Å². The van der Waals surface area contributed by atoms with Crippen LogP contribution >= 0.6 is 11.8 Å². The van der Waals surface area contributed by atoms with Gasteiger partial charge in [-0.15, -0.1) is 10.2 Å². The second-order valence-electron chi connectivity index (χ2n) is 5.57. The zero-order valence-corrected chi connectivity index (χ0v) is 14.5. The molecule has 0 fully saturated rings. The Morgan fingerprint density at radius 1 is 1.16 bits per heavy atom. The fourth-order valence-electron chi connectivity index (χ4n) is 2.58. The SMILES string of the molecule is CCCSc1nnc2c(n1)OC(c1cccnc1)Nc1ccccc1-2. The van der Waals surface area contributed by atoms with Crippen LogP contribution in [0.25, 0.3) is 11.3 Å². The predicted octanol–water partition coefficient (Wildman–Crippen LogP) is 3.94. The number of rotatable bonds is 4. The summed E-state index contributed by atoms with van der Waals surface area (Å²) in [5, 5.41) is 12.7. The molecule has 3 aromatic rings. The van der Waals surface area contributed by atoms with Gasteiger partial charge in [0.05, 0.1) is 0 Å². The summed E-state index contributed by atoms with van der Waals surface area (Å²) < 4.78 is 6.17. The summed E-state index contributed by atoms with van der Waals surface area (Å²) in [5.74, 6) is 1.43. The standard InChI is InChI=1S/C18H17N5OS/c1-2-10-25-18-21-17-15(22-23-18)13-7-3-4-8-14(13)20-16(24-17)12-6-5-9-19-11-12/h3-9,11,16,20H,2,10H2,1H3. The highest BCUT2D eigenvalue weighted by atomic mass is 32.2. The maximum absolute atomic E-state index is 6.17. The topological polar surface area (TPSA) is 72.8 Å². The molecule has 6 nitrogen and oxygen atoms in total. The van der Waals surface area contributed by atoms with Crippen molar-refractivity contribution in [3.63, 3.8) is 0 Å². The Bertz CT molecular complexity index is 874.